The van der Waals surface area contributed by atoms with Crippen molar-refractivity contribution in [1.29, 1.82) is 0 Å². The summed E-state index contributed by atoms with van der Waals surface area (Å²) in [5.41, 5.74) is 3.48. The van der Waals surface area contributed by atoms with E-state index in [4.69, 9.17) is 0 Å². The Labute approximate surface area is 188 Å². The van der Waals surface area contributed by atoms with Gasteiger partial charge in [0.25, 0.3) is 11.8 Å². The second kappa shape index (κ2) is 10.2. The van der Waals surface area contributed by atoms with E-state index in [1.54, 1.807) is 42.6 Å². The standard InChI is InChI=1S/C26H28N4O2/c1-19-6-2-3-15-30(19)18-20-10-12-23(13-11-20)28-25(31)21-7-4-9-24(16-21)29-26(32)22-8-5-14-27-17-22/h4-5,7-14,16-17,19H,2-3,6,15,18H2,1H3,(H,28,31)(H,29,32)/t19-/m0/s1. The SMILES string of the molecule is C[C@H]1CCCCN1Cc1ccc(NC(=O)c2cccc(NC(=O)c3cccnc3)c2)cc1. The number of anilines is 2. The lowest BCUT2D eigenvalue weighted by molar-refractivity contribution is 0.101. The Kier molecular flexibility index (Phi) is 6.92. The lowest BCUT2D eigenvalue weighted by Crippen LogP contribution is -2.36. The van der Waals surface area contributed by atoms with Crippen LogP contribution in [0.1, 0.15) is 52.5 Å². The van der Waals surface area contributed by atoms with Crippen LogP contribution in [0.15, 0.2) is 73.1 Å². The van der Waals surface area contributed by atoms with Crippen molar-refractivity contribution in [2.24, 2.45) is 0 Å². The fraction of sp³-hybridized carbons (Fsp3) is 0.269. The highest BCUT2D eigenvalue weighted by Gasteiger charge is 2.18. The fourth-order valence-electron chi connectivity index (χ4n) is 3.96. The van der Waals surface area contributed by atoms with Gasteiger partial charge in [-0.2, -0.15) is 0 Å². The molecule has 0 spiro atoms. The van der Waals surface area contributed by atoms with E-state index in [0.29, 0.717) is 22.9 Å². The first-order chi connectivity index (χ1) is 15.6. The number of carbonyl (C=O) groups excluding carboxylic acids is 2. The summed E-state index contributed by atoms with van der Waals surface area (Å²) in [6.45, 7) is 4.38. The van der Waals surface area contributed by atoms with Gasteiger partial charge in [0.1, 0.15) is 0 Å². The van der Waals surface area contributed by atoms with Crippen molar-refractivity contribution in [2.45, 2.75) is 38.8 Å². The highest BCUT2D eigenvalue weighted by Crippen LogP contribution is 2.20. The van der Waals surface area contributed by atoms with Gasteiger partial charge < -0.3 is 10.6 Å². The van der Waals surface area contributed by atoms with Crippen molar-refractivity contribution in [1.82, 2.24) is 9.88 Å². The number of benzene rings is 2. The number of likely N-dealkylation sites (tertiary alicyclic amines) is 1. The molecule has 2 heterocycles. The minimum Gasteiger partial charge on any atom is -0.322 e. The first-order valence-electron chi connectivity index (χ1n) is 11.0. The van der Waals surface area contributed by atoms with Gasteiger partial charge in [-0.05, 0) is 74.3 Å². The van der Waals surface area contributed by atoms with Crippen LogP contribution in [0.2, 0.25) is 0 Å². The molecule has 0 aliphatic carbocycles. The summed E-state index contributed by atoms with van der Waals surface area (Å²) in [7, 11) is 0. The third-order valence-electron chi connectivity index (χ3n) is 5.84. The molecule has 4 rings (SSSR count). The van der Waals surface area contributed by atoms with Crippen molar-refractivity contribution < 1.29 is 9.59 Å². The van der Waals surface area contributed by atoms with Crippen molar-refractivity contribution in [3.63, 3.8) is 0 Å². The first-order valence-corrected chi connectivity index (χ1v) is 11.0. The van der Waals surface area contributed by atoms with Crippen LogP contribution in [-0.4, -0.2) is 34.3 Å². The molecule has 3 aromatic rings. The number of hydrogen-bond acceptors (Lipinski definition) is 4. The van der Waals surface area contributed by atoms with Gasteiger partial charge in [-0.1, -0.05) is 24.6 Å². The number of hydrogen-bond donors (Lipinski definition) is 2. The average Bonchev–Trinajstić information content (AvgIpc) is 2.82. The van der Waals surface area contributed by atoms with E-state index in [1.807, 2.05) is 12.1 Å². The summed E-state index contributed by atoms with van der Waals surface area (Å²) < 4.78 is 0. The summed E-state index contributed by atoms with van der Waals surface area (Å²) in [6.07, 6.45) is 6.96. The molecule has 6 heteroatoms. The smallest absolute Gasteiger partial charge is 0.257 e. The maximum Gasteiger partial charge on any atom is 0.257 e. The monoisotopic (exact) mass is 428 g/mol. The van der Waals surface area contributed by atoms with Crippen LogP contribution in [0, 0.1) is 0 Å². The third-order valence-corrected chi connectivity index (χ3v) is 5.84. The van der Waals surface area contributed by atoms with E-state index in [9.17, 15) is 9.59 Å². The van der Waals surface area contributed by atoms with Gasteiger partial charge in [-0.25, -0.2) is 0 Å². The molecule has 0 saturated carbocycles. The summed E-state index contributed by atoms with van der Waals surface area (Å²) in [4.78, 5) is 31.5. The summed E-state index contributed by atoms with van der Waals surface area (Å²) in [5, 5.41) is 5.74. The second-order valence-electron chi connectivity index (χ2n) is 8.24. The molecule has 0 unspecified atom stereocenters. The lowest BCUT2D eigenvalue weighted by atomic mass is 10.0. The van der Waals surface area contributed by atoms with Crippen LogP contribution < -0.4 is 10.6 Å². The predicted octanol–water partition coefficient (Wildman–Crippen LogP) is 4.96. The Hall–Kier alpha value is -3.51. The van der Waals surface area contributed by atoms with E-state index in [0.717, 1.165) is 18.8 Å². The van der Waals surface area contributed by atoms with E-state index in [-0.39, 0.29) is 11.8 Å². The molecule has 1 atom stereocenters. The molecular weight excluding hydrogens is 400 g/mol. The van der Waals surface area contributed by atoms with Crippen LogP contribution in [0.3, 0.4) is 0 Å². The molecule has 2 aromatic carbocycles. The molecule has 0 radical (unpaired) electrons. The Morgan fingerprint density at radius 3 is 2.44 bits per heavy atom. The highest BCUT2D eigenvalue weighted by atomic mass is 16.2. The Balaban J connectivity index is 1.36. The van der Waals surface area contributed by atoms with Gasteiger partial charge in [-0.3, -0.25) is 19.5 Å². The first kappa shape index (κ1) is 21.7. The zero-order valence-electron chi connectivity index (χ0n) is 18.3. The highest BCUT2D eigenvalue weighted by molar-refractivity contribution is 6.07. The molecule has 2 N–H and O–H groups in total. The Bertz CT molecular complexity index is 1070. The molecule has 0 bridgehead atoms. The Morgan fingerprint density at radius 2 is 1.69 bits per heavy atom. The number of piperidine rings is 1. The van der Waals surface area contributed by atoms with Crippen LogP contribution in [0.25, 0.3) is 0 Å². The number of aromatic nitrogens is 1. The number of rotatable bonds is 6. The average molecular weight is 429 g/mol. The minimum absolute atomic E-state index is 0.222. The van der Waals surface area contributed by atoms with Gasteiger partial charge in [0, 0.05) is 41.9 Å². The molecule has 1 aliphatic rings. The Morgan fingerprint density at radius 1 is 0.938 bits per heavy atom. The van der Waals surface area contributed by atoms with Gasteiger partial charge in [0.2, 0.25) is 0 Å². The van der Waals surface area contributed by atoms with Gasteiger partial charge >= 0.3 is 0 Å². The molecule has 2 amide bonds. The molecule has 1 aliphatic heterocycles. The van der Waals surface area contributed by atoms with Crippen LogP contribution in [0.4, 0.5) is 11.4 Å². The van der Waals surface area contributed by atoms with Gasteiger partial charge in [0.05, 0.1) is 5.56 Å². The van der Waals surface area contributed by atoms with Crippen molar-refractivity contribution in [3.05, 3.63) is 89.7 Å². The molecule has 6 nitrogen and oxygen atoms in total. The summed E-state index contributed by atoms with van der Waals surface area (Å²) >= 11 is 0. The van der Waals surface area contributed by atoms with E-state index >= 15 is 0 Å². The molecule has 32 heavy (non-hydrogen) atoms. The maximum atomic E-state index is 12.7. The molecule has 1 aromatic heterocycles. The molecule has 1 fully saturated rings. The maximum absolute atomic E-state index is 12.7. The zero-order chi connectivity index (χ0) is 22.3. The second-order valence-corrected chi connectivity index (χ2v) is 8.24. The van der Waals surface area contributed by atoms with Crippen molar-refractivity contribution in [3.8, 4) is 0 Å². The van der Waals surface area contributed by atoms with Crippen molar-refractivity contribution in [2.75, 3.05) is 17.2 Å². The fourth-order valence-corrected chi connectivity index (χ4v) is 3.96. The summed E-state index contributed by atoms with van der Waals surface area (Å²) in [5.74, 6) is -0.492. The quantitative estimate of drug-likeness (QED) is 0.582. The zero-order valence-corrected chi connectivity index (χ0v) is 18.3. The van der Waals surface area contributed by atoms with E-state index < -0.39 is 0 Å². The molecule has 1 saturated heterocycles. The number of carbonyl (C=O) groups is 2. The van der Waals surface area contributed by atoms with E-state index in [2.05, 4.69) is 39.6 Å². The van der Waals surface area contributed by atoms with Gasteiger partial charge in [-0.15, -0.1) is 0 Å². The molecular formula is C26H28N4O2. The number of pyridine rings is 1. The number of nitrogens with zero attached hydrogens (tertiary/aromatic N) is 2. The molecule has 164 valence electrons. The van der Waals surface area contributed by atoms with Crippen LogP contribution >= 0.6 is 0 Å². The summed E-state index contributed by atoms with van der Waals surface area (Å²) in [6, 6.07) is 18.9. The number of amides is 2. The van der Waals surface area contributed by atoms with Crippen molar-refractivity contribution >= 4 is 23.2 Å². The van der Waals surface area contributed by atoms with E-state index in [1.165, 1.54) is 31.0 Å². The lowest BCUT2D eigenvalue weighted by Gasteiger charge is -2.33. The van der Waals surface area contributed by atoms with Gasteiger partial charge in [0.15, 0.2) is 0 Å². The van der Waals surface area contributed by atoms with Crippen LogP contribution in [0.5, 0.6) is 0 Å². The third kappa shape index (κ3) is 5.59. The van der Waals surface area contributed by atoms with Crippen LogP contribution in [-0.2, 0) is 6.54 Å². The largest absolute Gasteiger partial charge is 0.322 e. The predicted molar refractivity (Wildman–Crippen MR) is 127 cm³/mol. The minimum atomic E-state index is -0.269. The topological polar surface area (TPSA) is 74.3 Å². The number of nitrogens with one attached hydrogen (secondary N) is 2. The normalized spacial score (nSPS) is 16.3.